The van der Waals surface area contributed by atoms with Crippen LogP contribution >= 0.6 is 0 Å². The molecule has 1 fully saturated rings. The number of methoxy groups -OCH3 is 1. The van der Waals surface area contributed by atoms with E-state index in [1.165, 1.54) is 11.1 Å². The van der Waals surface area contributed by atoms with E-state index in [1.807, 2.05) is 0 Å². The van der Waals surface area contributed by atoms with E-state index in [2.05, 4.69) is 49.3 Å². The molecular weight excluding hydrogens is 224 g/mol. The maximum atomic E-state index is 5.40. The summed E-state index contributed by atoms with van der Waals surface area (Å²) in [7, 11) is 3.92. The number of aryl methyl sites for hydroxylation is 1. The number of nitrogens with one attached hydrogen (secondary N) is 1. The fourth-order valence-electron chi connectivity index (χ4n) is 2.79. The molecule has 0 radical (unpaired) electrons. The molecule has 3 nitrogen and oxygen atoms in total. The highest BCUT2D eigenvalue weighted by Gasteiger charge is 2.31. The van der Waals surface area contributed by atoms with Gasteiger partial charge in [-0.3, -0.25) is 0 Å². The minimum Gasteiger partial charge on any atom is -0.496 e. The van der Waals surface area contributed by atoms with E-state index in [1.54, 1.807) is 7.11 Å². The number of rotatable bonds is 3. The summed E-state index contributed by atoms with van der Waals surface area (Å²) >= 11 is 0. The number of benzene rings is 1. The Morgan fingerprint density at radius 1 is 1.44 bits per heavy atom. The highest BCUT2D eigenvalue weighted by atomic mass is 16.5. The van der Waals surface area contributed by atoms with Gasteiger partial charge in [-0.15, -0.1) is 0 Å². The first kappa shape index (κ1) is 13.4. The smallest absolute Gasteiger partial charge is 0.122 e. The second-order valence-electron chi connectivity index (χ2n) is 5.38. The van der Waals surface area contributed by atoms with Crippen LogP contribution in [0.15, 0.2) is 18.2 Å². The summed E-state index contributed by atoms with van der Waals surface area (Å²) < 4.78 is 5.40. The average molecular weight is 248 g/mol. The van der Waals surface area contributed by atoms with Crippen molar-refractivity contribution in [3.05, 3.63) is 29.3 Å². The lowest BCUT2D eigenvalue weighted by molar-refractivity contribution is 0.171. The summed E-state index contributed by atoms with van der Waals surface area (Å²) in [5.41, 5.74) is 2.68. The molecule has 1 aliphatic rings. The first-order valence-electron chi connectivity index (χ1n) is 6.70. The predicted molar refractivity (Wildman–Crippen MR) is 75.2 cm³/mol. The first-order valence-corrected chi connectivity index (χ1v) is 6.70. The summed E-state index contributed by atoms with van der Waals surface area (Å²) in [5, 5.41) is 3.65. The second-order valence-corrected chi connectivity index (χ2v) is 5.38. The monoisotopic (exact) mass is 248 g/mol. The highest BCUT2D eigenvalue weighted by Crippen LogP contribution is 2.29. The van der Waals surface area contributed by atoms with Gasteiger partial charge in [-0.05, 0) is 37.6 Å². The fourth-order valence-corrected chi connectivity index (χ4v) is 2.79. The van der Waals surface area contributed by atoms with Crippen LogP contribution in [0.1, 0.15) is 25.0 Å². The molecule has 1 heterocycles. The third-order valence-corrected chi connectivity index (χ3v) is 3.89. The molecule has 1 atom stereocenters. The molecular formula is C15H24N2O. The van der Waals surface area contributed by atoms with Gasteiger partial charge in [0.2, 0.25) is 0 Å². The van der Waals surface area contributed by atoms with Crippen LogP contribution in [-0.2, 0) is 12.0 Å². The summed E-state index contributed by atoms with van der Waals surface area (Å²) in [4.78, 5) is 2.38. The number of nitrogens with zero attached hydrogens (tertiary/aromatic N) is 1. The molecule has 1 aromatic carbocycles. The van der Waals surface area contributed by atoms with E-state index in [-0.39, 0.29) is 5.54 Å². The van der Waals surface area contributed by atoms with E-state index in [9.17, 15) is 0 Å². The number of hydrogen-bond acceptors (Lipinski definition) is 3. The lowest BCUT2D eigenvalue weighted by Gasteiger charge is -2.40. The van der Waals surface area contributed by atoms with Crippen molar-refractivity contribution >= 4 is 0 Å². The van der Waals surface area contributed by atoms with Gasteiger partial charge in [-0.2, -0.15) is 0 Å². The van der Waals surface area contributed by atoms with Crippen molar-refractivity contribution < 1.29 is 4.74 Å². The molecule has 100 valence electrons. The largest absolute Gasteiger partial charge is 0.496 e. The predicted octanol–water partition coefficient (Wildman–Crippen LogP) is 2.01. The fraction of sp³-hybridized carbons (Fsp3) is 0.600. The van der Waals surface area contributed by atoms with Crippen molar-refractivity contribution in [2.24, 2.45) is 0 Å². The number of likely N-dealkylation sites (N-methyl/N-ethyl adjacent to an activating group) is 1. The van der Waals surface area contributed by atoms with Crippen LogP contribution in [0.3, 0.4) is 0 Å². The average Bonchev–Trinajstić information content (AvgIpc) is 2.37. The minimum atomic E-state index is 0.0448. The Balaban J connectivity index is 2.32. The van der Waals surface area contributed by atoms with Crippen molar-refractivity contribution in [1.29, 1.82) is 0 Å². The highest BCUT2D eigenvalue weighted by molar-refractivity contribution is 5.40. The molecule has 1 unspecified atom stereocenters. The van der Waals surface area contributed by atoms with Gasteiger partial charge in [0.05, 0.1) is 12.6 Å². The third-order valence-electron chi connectivity index (χ3n) is 3.89. The van der Waals surface area contributed by atoms with Crippen molar-refractivity contribution in [2.75, 3.05) is 33.8 Å². The minimum absolute atomic E-state index is 0.0448. The summed E-state index contributed by atoms with van der Waals surface area (Å²) in [6.45, 7) is 7.66. The Morgan fingerprint density at radius 3 is 2.83 bits per heavy atom. The molecule has 1 aromatic rings. The van der Waals surface area contributed by atoms with Crippen LogP contribution < -0.4 is 10.1 Å². The van der Waals surface area contributed by atoms with Gasteiger partial charge in [-0.25, -0.2) is 0 Å². The van der Waals surface area contributed by atoms with Crippen LogP contribution in [0.4, 0.5) is 0 Å². The van der Waals surface area contributed by atoms with Gasteiger partial charge in [0, 0.05) is 19.6 Å². The first-order chi connectivity index (χ1) is 8.59. The second kappa shape index (κ2) is 5.29. The molecule has 0 aromatic heterocycles. The molecule has 18 heavy (non-hydrogen) atoms. The van der Waals surface area contributed by atoms with Gasteiger partial charge < -0.3 is 15.0 Å². The van der Waals surface area contributed by atoms with Crippen LogP contribution in [0, 0.1) is 0 Å². The zero-order valence-electron chi connectivity index (χ0n) is 11.9. The number of ether oxygens (including phenoxy) is 1. The molecule has 1 saturated heterocycles. The Hall–Kier alpha value is -1.06. The normalized spacial score (nSPS) is 25.1. The molecule has 3 heteroatoms. The van der Waals surface area contributed by atoms with E-state index in [0.29, 0.717) is 0 Å². The van der Waals surface area contributed by atoms with Crippen LogP contribution in [0.2, 0.25) is 0 Å². The lowest BCUT2D eigenvalue weighted by Crippen LogP contribution is -2.55. The van der Waals surface area contributed by atoms with Crippen LogP contribution in [0.5, 0.6) is 5.75 Å². The molecule has 2 rings (SSSR count). The topological polar surface area (TPSA) is 24.5 Å². The Bertz CT molecular complexity index is 419. The zero-order valence-corrected chi connectivity index (χ0v) is 11.9. The standard InChI is InChI=1S/C15H24N2O/c1-5-12-10-13(6-7-14(12)18-4)15(2)11-17(3)9-8-16-15/h6-7,10,16H,5,8-9,11H2,1-4H3. The molecule has 0 amide bonds. The van der Waals surface area contributed by atoms with E-state index in [0.717, 1.165) is 31.8 Å². The number of hydrogen-bond donors (Lipinski definition) is 1. The van der Waals surface area contributed by atoms with E-state index in [4.69, 9.17) is 4.74 Å². The van der Waals surface area contributed by atoms with Crippen molar-refractivity contribution in [2.45, 2.75) is 25.8 Å². The quantitative estimate of drug-likeness (QED) is 0.885. The van der Waals surface area contributed by atoms with Gasteiger partial charge in [0.25, 0.3) is 0 Å². The SMILES string of the molecule is CCc1cc(C2(C)CN(C)CCN2)ccc1OC. The van der Waals surface area contributed by atoms with Crippen molar-refractivity contribution in [3.8, 4) is 5.75 Å². The van der Waals surface area contributed by atoms with Gasteiger partial charge in [-0.1, -0.05) is 19.1 Å². The molecule has 1 aliphatic heterocycles. The summed E-state index contributed by atoms with van der Waals surface area (Å²) in [5.74, 6) is 0.994. The molecule has 0 aliphatic carbocycles. The molecule has 0 bridgehead atoms. The Labute approximate surface area is 110 Å². The lowest BCUT2D eigenvalue weighted by atomic mass is 9.88. The maximum Gasteiger partial charge on any atom is 0.122 e. The van der Waals surface area contributed by atoms with Gasteiger partial charge in [0.1, 0.15) is 5.75 Å². The molecule has 0 spiro atoms. The van der Waals surface area contributed by atoms with Crippen molar-refractivity contribution in [1.82, 2.24) is 10.2 Å². The zero-order chi connectivity index (χ0) is 13.2. The third kappa shape index (κ3) is 2.52. The van der Waals surface area contributed by atoms with Gasteiger partial charge in [0.15, 0.2) is 0 Å². The Kier molecular flexibility index (Phi) is 3.93. The van der Waals surface area contributed by atoms with Crippen LogP contribution in [0.25, 0.3) is 0 Å². The van der Waals surface area contributed by atoms with E-state index < -0.39 is 0 Å². The van der Waals surface area contributed by atoms with E-state index >= 15 is 0 Å². The summed E-state index contributed by atoms with van der Waals surface area (Å²) in [6, 6.07) is 6.56. The molecule has 0 saturated carbocycles. The summed E-state index contributed by atoms with van der Waals surface area (Å²) in [6.07, 6.45) is 1.00. The van der Waals surface area contributed by atoms with Crippen molar-refractivity contribution in [3.63, 3.8) is 0 Å². The molecule has 1 N–H and O–H groups in total. The Morgan fingerprint density at radius 2 is 2.22 bits per heavy atom. The van der Waals surface area contributed by atoms with Gasteiger partial charge >= 0.3 is 0 Å². The maximum absolute atomic E-state index is 5.40. The van der Waals surface area contributed by atoms with Crippen LogP contribution in [-0.4, -0.2) is 38.7 Å². The number of piperazine rings is 1.